The van der Waals surface area contributed by atoms with Crippen LogP contribution in [0.25, 0.3) is 0 Å². The summed E-state index contributed by atoms with van der Waals surface area (Å²) in [4.78, 5) is 30.3. The summed E-state index contributed by atoms with van der Waals surface area (Å²) in [6, 6.07) is 12.4. The maximum absolute atomic E-state index is 13.1. The van der Waals surface area contributed by atoms with E-state index in [-0.39, 0.29) is 29.7 Å². The van der Waals surface area contributed by atoms with Gasteiger partial charge in [-0.3, -0.25) is 19.2 Å². The second kappa shape index (κ2) is 9.06. The Bertz CT molecular complexity index is 962. The molecule has 4 rings (SSSR count). The van der Waals surface area contributed by atoms with Gasteiger partial charge in [-0.15, -0.1) is 0 Å². The predicted octanol–water partition coefficient (Wildman–Crippen LogP) is 2.23. The highest BCUT2D eigenvalue weighted by atomic mass is 16.2. The number of likely N-dealkylation sites (tertiary alicyclic amines) is 2. The maximum Gasteiger partial charge on any atom is 0.244 e. The third kappa shape index (κ3) is 4.72. The van der Waals surface area contributed by atoms with Crippen LogP contribution in [0.3, 0.4) is 0 Å². The topological polar surface area (TPSA) is 70.5 Å². The molecule has 1 aromatic heterocycles. The van der Waals surface area contributed by atoms with E-state index in [1.165, 1.54) is 5.56 Å². The van der Waals surface area contributed by atoms with Gasteiger partial charge in [-0.2, -0.15) is 5.10 Å². The number of amides is 2. The first kappa shape index (κ1) is 22.5. The highest BCUT2D eigenvalue weighted by Crippen LogP contribution is 2.44. The molecule has 0 bridgehead atoms. The molecule has 2 aliphatic rings. The van der Waals surface area contributed by atoms with E-state index < -0.39 is 0 Å². The SMILES string of the molecule is Cc1cc(C)n(CC(=O)N2CC3(CN(Cc4ccccc4)CC3C(=O)NCC(C)C)C2)n1. The molecule has 2 aromatic rings. The molecule has 1 N–H and O–H groups in total. The summed E-state index contributed by atoms with van der Waals surface area (Å²) in [5, 5.41) is 7.56. The fraction of sp³-hybridized carbons (Fsp3) is 0.560. The number of nitrogens with zero attached hydrogens (tertiary/aromatic N) is 4. The van der Waals surface area contributed by atoms with Crippen molar-refractivity contribution in [3.05, 3.63) is 53.3 Å². The smallest absolute Gasteiger partial charge is 0.244 e. The molecule has 2 fully saturated rings. The average Bonchev–Trinajstić information content (AvgIpc) is 3.25. The Morgan fingerprint density at radius 1 is 1.16 bits per heavy atom. The number of aromatic nitrogens is 2. The number of aryl methyl sites for hydroxylation is 2. The van der Waals surface area contributed by atoms with Gasteiger partial charge in [0.1, 0.15) is 6.54 Å². The van der Waals surface area contributed by atoms with Crippen LogP contribution in [0.4, 0.5) is 0 Å². The highest BCUT2D eigenvalue weighted by molar-refractivity contribution is 5.82. The third-order valence-electron chi connectivity index (χ3n) is 6.72. The minimum atomic E-state index is -0.166. The van der Waals surface area contributed by atoms with E-state index in [9.17, 15) is 9.59 Å². The van der Waals surface area contributed by atoms with Crippen molar-refractivity contribution in [1.29, 1.82) is 0 Å². The van der Waals surface area contributed by atoms with Crippen molar-refractivity contribution in [1.82, 2.24) is 24.9 Å². The van der Waals surface area contributed by atoms with Crippen molar-refractivity contribution in [2.24, 2.45) is 17.3 Å². The van der Waals surface area contributed by atoms with Crippen LogP contribution in [-0.2, 0) is 22.7 Å². The summed E-state index contributed by atoms with van der Waals surface area (Å²) < 4.78 is 1.77. The Balaban J connectivity index is 1.43. The Morgan fingerprint density at radius 3 is 2.50 bits per heavy atom. The molecule has 2 saturated heterocycles. The van der Waals surface area contributed by atoms with Crippen molar-refractivity contribution in [2.45, 2.75) is 40.8 Å². The monoisotopic (exact) mass is 437 g/mol. The first-order chi connectivity index (χ1) is 15.3. The van der Waals surface area contributed by atoms with Crippen LogP contribution in [0.5, 0.6) is 0 Å². The van der Waals surface area contributed by atoms with E-state index in [0.717, 1.165) is 31.0 Å². The van der Waals surface area contributed by atoms with Gasteiger partial charge >= 0.3 is 0 Å². The minimum absolute atomic E-state index is 0.0738. The average molecular weight is 438 g/mol. The maximum atomic E-state index is 13.1. The first-order valence-electron chi connectivity index (χ1n) is 11.6. The zero-order valence-electron chi connectivity index (χ0n) is 19.7. The molecule has 2 amide bonds. The largest absolute Gasteiger partial charge is 0.356 e. The number of nitrogens with one attached hydrogen (secondary N) is 1. The van der Waals surface area contributed by atoms with Gasteiger partial charge in [-0.1, -0.05) is 44.2 Å². The van der Waals surface area contributed by atoms with Crippen molar-refractivity contribution in [3.63, 3.8) is 0 Å². The van der Waals surface area contributed by atoms with Gasteiger partial charge in [0, 0.05) is 50.4 Å². The van der Waals surface area contributed by atoms with Gasteiger partial charge < -0.3 is 10.2 Å². The van der Waals surface area contributed by atoms with Gasteiger partial charge in [0.2, 0.25) is 11.8 Å². The van der Waals surface area contributed by atoms with E-state index in [1.54, 1.807) is 4.68 Å². The van der Waals surface area contributed by atoms with Crippen LogP contribution in [0.1, 0.15) is 30.8 Å². The summed E-state index contributed by atoms with van der Waals surface area (Å²) in [6.45, 7) is 12.7. The van der Waals surface area contributed by atoms with Gasteiger partial charge in [0.15, 0.2) is 0 Å². The first-order valence-corrected chi connectivity index (χ1v) is 11.6. The van der Waals surface area contributed by atoms with Gasteiger partial charge in [0.05, 0.1) is 11.6 Å². The molecule has 1 atom stereocenters. The summed E-state index contributed by atoms with van der Waals surface area (Å²) in [6.07, 6.45) is 0. The second-order valence-corrected chi connectivity index (χ2v) is 10.0. The van der Waals surface area contributed by atoms with Gasteiger partial charge in [-0.05, 0) is 31.4 Å². The quantitative estimate of drug-likeness (QED) is 0.721. The molecule has 0 aliphatic carbocycles. The van der Waals surface area contributed by atoms with Crippen LogP contribution in [0, 0.1) is 31.1 Å². The Kier molecular flexibility index (Phi) is 6.38. The molecule has 32 heavy (non-hydrogen) atoms. The number of rotatable bonds is 7. The van der Waals surface area contributed by atoms with Gasteiger partial charge in [0.25, 0.3) is 0 Å². The van der Waals surface area contributed by atoms with Crippen LogP contribution in [0.2, 0.25) is 0 Å². The van der Waals surface area contributed by atoms with E-state index in [2.05, 4.69) is 53.4 Å². The Hall–Kier alpha value is -2.67. The fourth-order valence-corrected chi connectivity index (χ4v) is 5.10. The molecule has 0 saturated carbocycles. The molecular formula is C25H35N5O2. The highest BCUT2D eigenvalue weighted by Gasteiger charge is 2.57. The van der Waals surface area contributed by atoms with Crippen molar-refractivity contribution < 1.29 is 9.59 Å². The molecule has 2 aliphatic heterocycles. The third-order valence-corrected chi connectivity index (χ3v) is 6.72. The molecule has 1 unspecified atom stereocenters. The molecule has 3 heterocycles. The number of benzene rings is 1. The van der Waals surface area contributed by atoms with Crippen molar-refractivity contribution in [3.8, 4) is 0 Å². The lowest BCUT2D eigenvalue weighted by Crippen LogP contribution is -2.64. The number of hydrogen-bond acceptors (Lipinski definition) is 4. The van der Waals surface area contributed by atoms with Gasteiger partial charge in [-0.25, -0.2) is 0 Å². The lowest BCUT2D eigenvalue weighted by molar-refractivity contribution is -0.150. The van der Waals surface area contributed by atoms with Crippen LogP contribution >= 0.6 is 0 Å². The molecule has 1 aromatic carbocycles. The van der Waals surface area contributed by atoms with Crippen LogP contribution in [0.15, 0.2) is 36.4 Å². The van der Waals surface area contributed by atoms with E-state index >= 15 is 0 Å². The standard InChI is InChI=1S/C25H35N5O2/c1-18(2)11-26-24(32)22-13-28(12-21-8-6-5-7-9-21)15-25(22)16-29(17-25)23(31)14-30-20(4)10-19(3)27-30/h5-10,18,22H,11-17H2,1-4H3,(H,26,32). The number of carbonyl (C=O) groups excluding carboxylic acids is 2. The Morgan fingerprint density at radius 2 is 1.88 bits per heavy atom. The molecule has 172 valence electrons. The molecule has 7 heteroatoms. The summed E-state index contributed by atoms with van der Waals surface area (Å²) >= 11 is 0. The predicted molar refractivity (Wildman–Crippen MR) is 124 cm³/mol. The lowest BCUT2D eigenvalue weighted by atomic mass is 9.71. The molecule has 7 nitrogen and oxygen atoms in total. The lowest BCUT2D eigenvalue weighted by Gasteiger charge is -2.50. The minimum Gasteiger partial charge on any atom is -0.356 e. The van der Waals surface area contributed by atoms with Crippen molar-refractivity contribution >= 4 is 11.8 Å². The second-order valence-electron chi connectivity index (χ2n) is 10.0. The summed E-state index contributed by atoms with van der Waals surface area (Å²) in [5.41, 5.74) is 3.00. The summed E-state index contributed by atoms with van der Waals surface area (Å²) in [7, 11) is 0. The number of hydrogen-bond donors (Lipinski definition) is 1. The summed E-state index contributed by atoms with van der Waals surface area (Å²) in [5.74, 6) is 0.518. The van der Waals surface area contributed by atoms with E-state index in [1.807, 2.05) is 30.9 Å². The zero-order chi connectivity index (χ0) is 22.9. The van der Waals surface area contributed by atoms with Crippen molar-refractivity contribution in [2.75, 3.05) is 32.7 Å². The molecule has 0 radical (unpaired) electrons. The zero-order valence-corrected chi connectivity index (χ0v) is 19.7. The van der Waals surface area contributed by atoms with Crippen LogP contribution in [-0.4, -0.2) is 64.1 Å². The number of carbonyl (C=O) groups is 2. The molecular weight excluding hydrogens is 402 g/mol. The normalized spacial score (nSPS) is 20.0. The van der Waals surface area contributed by atoms with E-state index in [0.29, 0.717) is 25.6 Å². The molecule has 1 spiro atoms. The fourth-order valence-electron chi connectivity index (χ4n) is 5.10. The van der Waals surface area contributed by atoms with E-state index in [4.69, 9.17) is 0 Å². The Labute approximate surface area is 190 Å². The van der Waals surface area contributed by atoms with Crippen LogP contribution < -0.4 is 5.32 Å².